The summed E-state index contributed by atoms with van der Waals surface area (Å²) in [6.45, 7) is 14.4. The fourth-order valence-electron chi connectivity index (χ4n) is 7.38. The van der Waals surface area contributed by atoms with Crippen LogP contribution in [-0.2, 0) is 26.3 Å². The number of aliphatic carboxylic acids is 1. The van der Waals surface area contributed by atoms with Gasteiger partial charge in [-0.1, -0.05) is 41.5 Å². The molecule has 3 atom stereocenters. The van der Waals surface area contributed by atoms with Crippen LogP contribution in [0.4, 0.5) is 0 Å². The molecule has 250 valence electrons. The maximum Gasteiger partial charge on any atom is 0.350 e. The van der Waals surface area contributed by atoms with Crippen LogP contribution >= 0.6 is 0 Å². The van der Waals surface area contributed by atoms with Gasteiger partial charge in [0.15, 0.2) is 0 Å². The summed E-state index contributed by atoms with van der Waals surface area (Å²) in [6, 6.07) is 6.43. The summed E-state index contributed by atoms with van der Waals surface area (Å²) in [6.07, 6.45) is 10.1. The molecule has 2 aromatic rings. The van der Waals surface area contributed by atoms with E-state index in [2.05, 4.69) is 39.5 Å². The quantitative estimate of drug-likeness (QED) is 0.120. The molecule has 0 radical (unpaired) electrons. The topological polar surface area (TPSA) is 123 Å². The standard InChI is InChI=1S/C39H46O8/c1-7-45-37(44)38-19-18-29(24(4)5)39(22-38)35-32(46-38)17-16-30(40)34(35)28-21-31(41)27(20-33(28)47-39)15-14-26(36(42)43)13-9-12-25(6)11-8-10-23(2)3/h10,12,14,16-17,20-21,29,40-41H,4,7-9,11,13,15,18-19,22H2,1-3,5-6H3,(H,42,43). The lowest BCUT2D eigenvalue weighted by Crippen LogP contribution is -2.62. The van der Waals surface area contributed by atoms with Gasteiger partial charge in [0.2, 0.25) is 5.60 Å². The summed E-state index contributed by atoms with van der Waals surface area (Å²) in [7, 11) is 0. The van der Waals surface area contributed by atoms with Crippen molar-refractivity contribution < 1.29 is 39.1 Å². The van der Waals surface area contributed by atoms with E-state index in [0.717, 1.165) is 18.4 Å². The largest absolute Gasteiger partial charge is 0.508 e. The molecule has 2 heterocycles. The smallest absolute Gasteiger partial charge is 0.350 e. The van der Waals surface area contributed by atoms with Crippen LogP contribution in [-0.4, -0.2) is 39.5 Å². The van der Waals surface area contributed by atoms with Crippen LogP contribution in [0.15, 0.2) is 71.4 Å². The Morgan fingerprint density at radius 3 is 2.43 bits per heavy atom. The first-order chi connectivity index (χ1) is 22.3. The Morgan fingerprint density at radius 1 is 1.00 bits per heavy atom. The molecule has 0 aromatic heterocycles. The van der Waals surface area contributed by atoms with E-state index in [4.69, 9.17) is 14.2 Å². The summed E-state index contributed by atoms with van der Waals surface area (Å²) >= 11 is 0. The SMILES string of the molecule is C=C(C)C1CCC2(C(=O)OCC)CC13Oc1cc(CC=C(CCC=C(C)CCC=C(C)C)C(=O)O)c(O)cc1-c1c(O)ccc(c13)O2. The minimum Gasteiger partial charge on any atom is -0.508 e. The van der Waals surface area contributed by atoms with Gasteiger partial charge >= 0.3 is 11.9 Å². The number of allylic oxidation sites excluding steroid dienone is 5. The Hall–Kier alpha value is -4.46. The molecule has 5 rings (SSSR count). The summed E-state index contributed by atoms with van der Waals surface area (Å²) in [5.41, 5.74) is 3.37. The second kappa shape index (κ2) is 13.3. The van der Waals surface area contributed by atoms with Crippen molar-refractivity contribution in [2.75, 3.05) is 6.61 Å². The van der Waals surface area contributed by atoms with Crippen molar-refractivity contribution in [3.63, 3.8) is 0 Å². The molecule has 1 spiro atoms. The molecule has 1 fully saturated rings. The van der Waals surface area contributed by atoms with E-state index in [1.54, 1.807) is 31.2 Å². The fraction of sp³-hybridized carbons (Fsp3) is 0.436. The lowest BCUT2D eigenvalue weighted by atomic mass is 9.60. The number of carbonyl (C=O) groups is 2. The van der Waals surface area contributed by atoms with E-state index in [0.29, 0.717) is 59.4 Å². The van der Waals surface area contributed by atoms with Crippen LogP contribution in [0.25, 0.3) is 11.1 Å². The molecule has 3 N–H and O–H groups in total. The number of phenolic OH excluding ortho intramolecular Hbond substituents is 2. The minimum absolute atomic E-state index is 0.00430. The second-order valence-electron chi connectivity index (χ2n) is 13.4. The van der Waals surface area contributed by atoms with Crippen molar-refractivity contribution in [1.82, 2.24) is 0 Å². The Labute approximate surface area is 277 Å². The molecule has 2 aromatic carbocycles. The van der Waals surface area contributed by atoms with Crippen LogP contribution in [0.1, 0.15) is 90.7 Å². The molecule has 1 saturated carbocycles. The number of carboxylic acids is 1. The highest BCUT2D eigenvalue weighted by Crippen LogP contribution is 2.64. The van der Waals surface area contributed by atoms with E-state index in [9.17, 15) is 24.9 Å². The monoisotopic (exact) mass is 642 g/mol. The first-order valence-corrected chi connectivity index (χ1v) is 16.5. The first-order valence-electron chi connectivity index (χ1n) is 16.5. The van der Waals surface area contributed by atoms with Gasteiger partial charge < -0.3 is 29.5 Å². The number of phenols is 2. The van der Waals surface area contributed by atoms with E-state index in [1.807, 2.05) is 6.92 Å². The normalized spacial score (nSPS) is 22.6. The van der Waals surface area contributed by atoms with Gasteiger partial charge in [0, 0.05) is 40.2 Å². The van der Waals surface area contributed by atoms with Crippen LogP contribution in [0.3, 0.4) is 0 Å². The van der Waals surface area contributed by atoms with Crippen LogP contribution in [0, 0.1) is 5.92 Å². The van der Waals surface area contributed by atoms with Crippen molar-refractivity contribution in [3.8, 4) is 34.1 Å². The van der Waals surface area contributed by atoms with Gasteiger partial charge in [-0.2, -0.15) is 0 Å². The molecule has 2 aliphatic heterocycles. The number of rotatable bonds is 12. The van der Waals surface area contributed by atoms with Gasteiger partial charge in [0.05, 0.1) is 6.61 Å². The van der Waals surface area contributed by atoms with E-state index >= 15 is 0 Å². The van der Waals surface area contributed by atoms with Crippen molar-refractivity contribution in [1.29, 1.82) is 0 Å². The molecule has 8 heteroatoms. The van der Waals surface area contributed by atoms with Crippen LogP contribution in [0.5, 0.6) is 23.0 Å². The van der Waals surface area contributed by atoms with Gasteiger partial charge in [-0.15, -0.1) is 0 Å². The Balaban J connectivity index is 1.50. The highest BCUT2D eigenvalue weighted by Gasteiger charge is 2.64. The zero-order valence-corrected chi connectivity index (χ0v) is 28.1. The van der Waals surface area contributed by atoms with Crippen molar-refractivity contribution in [2.24, 2.45) is 5.92 Å². The highest BCUT2D eigenvalue weighted by molar-refractivity contribution is 5.88. The Bertz CT molecular complexity index is 1690. The number of aromatic hydroxyl groups is 2. The number of benzene rings is 2. The zero-order valence-electron chi connectivity index (χ0n) is 28.1. The van der Waals surface area contributed by atoms with Gasteiger partial charge in [-0.3, -0.25) is 0 Å². The molecule has 1 aliphatic carbocycles. The molecule has 2 bridgehead atoms. The third-order valence-electron chi connectivity index (χ3n) is 9.65. The zero-order chi connectivity index (χ0) is 34.1. The summed E-state index contributed by atoms with van der Waals surface area (Å²) in [4.78, 5) is 25.5. The average Bonchev–Trinajstić information content (AvgIpc) is 3.00. The van der Waals surface area contributed by atoms with Crippen molar-refractivity contribution in [3.05, 3.63) is 82.5 Å². The van der Waals surface area contributed by atoms with Gasteiger partial charge in [0.1, 0.15) is 28.6 Å². The molecular formula is C39H46O8. The maximum absolute atomic E-state index is 13.4. The van der Waals surface area contributed by atoms with Gasteiger partial charge in [0.25, 0.3) is 0 Å². The van der Waals surface area contributed by atoms with Gasteiger partial charge in [-0.05, 0) is 104 Å². The summed E-state index contributed by atoms with van der Waals surface area (Å²) in [5, 5.41) is 32.3. The molecular weight excluding hydrogens is 596 g/mol. The number of hydrogen-bond donors (Lipinski definition) is 3. The summed E-state index contributed by atoms with van der Waals surface area (Å²) < 4.78 is 18.9. The van der Waals surface area contributed by atoms with Crippen molar-refractivity contribution >= 4 is 11.9 Å². The first kappa shape index (κ1) is 33.9. The third-order valence-corrected chi connectivity index (χ3v) is 9.65. The van der Waals surface area contributed by atoms with Crippen molar-refractivity contribution in [2.45, 2.75) is 97.2 Å². The molecule has 3 aliphatic rings. The Kier molecular flexibility index (Phi) is 9.62. The molecule has 0 saturated heterocycles. The van der Waals surface area contributed by atoms with Crippen LogP contribution in [0.2, 0.25) is 0 Å². The molecule has 8 nitrogen and oxygen atoms in total. The van der Waals surface area contributed by atoms with Crippen LogP contribution < -0.4 is 9.47 Å². The predicted octanol–water partition coefficient (Wildman–Crippen LogP) is 8.45. The lowest BCUT2D eigenvalue weighted by Gasteiger charge is -2.56. The minimum atomic E-state index is -1.27. The summed E-state index contributed by atoms with van der Waals surface area (Å²) in [5.74, 6) is -0.855. The Morgan fingerprint density at radius 2 is 1.74 bits per heavy atom. The predicted molar refractivity (Wildman–Crippen MR) is 181 cm³/mol. The molecule has 3 unspecified atom stereocenters. The average molecular weight is 643 g/mol. The fourth-order valence-corrected chi connectivity index (χ4v) is 7.38. The number of esters is 1. The maximum atomic E-state index is 13.4. The molecule has 0 amide bonds. The van der Waals surface area contributed by atoms with Gasteiger partial charge in [-0.25, -0.2) is 9.59 Å². The second-order valence-corrected chi connectivity index (χ2v) is 13.4. The highest BCUT2D eigenvalue weighted by atomic mass is 16.6. The number of ether oxygens (including phenoxy) is 3. The molecule has 47 heavy (non-hydrogen) atoms. The number of carboxylic acid groups (broad SMARTS) is 1. The van der Waals surface area contributed by atoms with E-state index in [1.165, 1.54) is 17.2 Å². The number of carbonyl (C=O) groups excluding carboxylic acids is 1. The van der Waals surface area contributed by atoms with E-state index in [-0.39, 0.29) is 42.4 Å². The lowest BCUT2D eigenvalue weighted by molar-refractivity contribution is -0.183. The number of hydrogen-bond acceptors (Lipinski definition) is 7. The number of fused-ring (bicyclic) bond motifs is 3. The third kappa shape index (κ3) is 6.42. The van der Waals surface area contributed by atoms with E-state index < -0.39 is 23.1 Å².